The molecule has 1 unspecified atom stereocenters. The van der Waals surface area contributed by atoms with Gasteiger partial charge in [-0.25, -0.2) is 4.98 Å². The average molecular weight is 388 g/mol. The van der Waals surface area contributed by atoms with Crippen LogP contribution < -0.4 is 5.56 Å². The minimum absolute atomic E-state index is 0.0563. The first-order valence-electron chi connectivity index (χ1n) is 8.77. The molecule has 1 aliphatic carbocycles. The highest BCUT2D eigenvalue weighted by molar-refractivity contribution is 7.98. The van der Waals surface area contributed by atoms with Crippen LogP contribution in [0.1, 0.15) is 35.2 Å². The number of hydrogen-bond donors (Lipinski definition) is 0. The number of thiophene rings is 1. The topological polar surface area (TPSA) is 60.9 Å². The summed E-state index contributed by atoms with van der Waals surface area (Å²) >= 11 is 3.20. The zero-order chi connectivity index (χ0) is 18.3. The molecular weight excluding hydrogens is 366 g/mol. The molecule has 1 aliphatic rings. The van der Waals surface area contributed by atoms with Crippen molar-refractivity contribution in [3.05, 3.63) is 51.0 Å². The van der Waals surface area contributed by atoms with E-state index in [9.17, 15) is 4.79 Å². The normalized spacial score (nSPS) is 16.8. The monoisotopic (exact) mass is 387 g/mol. The minimum Gasteiger partial charge on any atom is -0.361 e. The summed E-state index contributed by atoms with van der Waals surface area (Å²) in [5, 5.41) is 5.56. The molecule has 0 N–H and O–H groups in total. The second kappa shape index (κ2) is 7.04. The summed E-state index contributed by atoms with van der Waals surface area (Å²) in [6, 6.07) is 1.91. The Hall–Kier alpha value is -1.86. The Morgan fingerprint density at radius 1 is 1.54 bits per heavy atom. The summed E-state index contributed by atoms with van der Waals surface area (Å²) < 4.78 is 6.86. The van der Waals surface area contributed by atoms with Crippen LogP contribution in [0.15, 0.2) is 33.2 Å². The van der Waals surface area contributed by atoms with Crippen molar-refractivity contribution in [3.63, 3.8) is 0 Å². The fourth-order valence-corrected chi connectivity index (χ4v) is 5.74. The van der Waals surface area contributed by atoms with Gasteiger partial charge in [0.1, 0.15) is 10.6 Å². The summed E-state index contributed by atoms with van der Waals surface area (Å²) in [5.41, 5.74) is 2.13. The van der Waals surface area contributed by atoms with E-state index in [0.717, 1.165) is 46.1 Å². The van der Waals surface area contributed by atoms with E-state index in [1.807, 2.05) is 13.0 Å². The third kappa shape index (κ3) is 3.14. The van der Waals surface area contributed by atoms with Gasteiger partial charge in [0, 0.05) is 23.2 Å². The maximum absolute atomic E-state index is 13.2. The molecular formula is C19H21N3O2S2. The van der Waals surface area contributed by atoms with Gasteiger partial charge in [-0.05, 0) is 37.7 Å². The number of hydrogen-bond acceptors (Lipinski definition) is 6. The first-order valence-corrected chi connectivity index (χ1v) is 10.6. The lowest BCUT2D eigenvalue weighted by Crippen LogP contribution is -2.23. The third-order valence-electron chi connectivity index (χ3n) is 4.72. The summed E-state index contributed by atoms with van der Waals surface area (Å²) in [7, 11) is 0. The molecule has 0 spiro atoms. The predicted molar refractivity (Wildman–Crippen MR) is 106 cm³/mol. The number of allylic oxidation sites excluding steroid dienone is 1. The second-order valence-electron chi connectivity index (χ2n) is 6.85. The largest absolute Gasteiger partial charge is 0.361 e. The summed E-state index contributed by atoms with van der Waals surface area (Å²) in [6.07, 6.45) is 4.92. The zero-order valence-corrected chi connectivity index (χ0v) is 16.6. The average Bonchev–Trinajstić information content (AvgIpc) is 3.18. The fraction of sp³-hybridized carbons (Fsp3) is 0.421. The van der Waals surface area contributed by atoms with Gasteiger partial charge in [0.15, 0.2) is 5.16 Å². The van der Waals surface area contributed by atoms with Gasteiger partial charge in [0.2, 0.25) is 0 Å². The van der Waals surface area contributed by atoms with E-state index in [1.54, 1.807) is 22.0 Å². The Balaban J connectivity index is 1.77. The van der Waals surface area contributed by atoms with Crippen LogP contribution in [-0.4, -0.2) is 14.7 Å². The Bertz CT molecular complexity index is 1030. The number of rotatable bonds is 5. The van der Waals surface area contributed by atoms with Crippen molar-refractivity contribution in [2.75, 3.05) is 0 Å². The smallest absolute Gasteiger partial charge is 0.263 e. The molecule has 0 radical (unpaired) electrons. The maximum atomic E-state index is 13.2. The Morgan fingerprint density at radius 2 is 2.38 bits per heavy atom. The number of thioether (sulfide) groups is 1. The Labute approximate surface area is 160 Å². The number of aryl methyl sites for hydroxylation is 2. The van der Waals surface area contributed by atoms with Crippen LogP contribution in [0.5, 0.6) is 0 Å². The first kappa shape index (κ1) is 17.5. The molecule has 5 nitrogen and oxygen atoms in total. The molecule has 0 saturated carbocycles. The quantitative estimate of drug-likeness (QED) is 0.370. The van der Waals surface area contributed by atoms with Gasteiger partial charge in [0.05, 0.1) is 11.1 Å². The number of nitrogens with zero attached hydrogens (tertiary/aromatic N) is 3. The lowest BCUT2D eigenvalue weighted by atomic mass is 9.89. The van der Waals surface area contributed by atoms with Crippen LogP contribution in [0.2, 0.25) is 0 Å². The second-order valence-corrected chi connectivity index (χ2v) is 8.87. The lowest BCUT2D eigenvalue weighted by Gasteiger charge is -2.17. The van der Waals surface area contributed by atoms with Crippen LogP contribution in [-0.2, 0) is 25.1 Å². The van der Waals surface area contributed by atoms with E-state index in [2.05, 4.69) is 18.7 Å². The highest BCUT2D eigenvalue weighted by Crippen LogP contribution is 2.36. The molecule has 0 aliphatic heterocycles. The molecule has 26 heavy (non-hydrogen) atoms. The van der Waals surface area contributed by atoms with Crippen LogP contribution >= 0.6 is 23.1 Å². The molecule has 3 heterocycles. The van der Waals surface area contributed by atoms with Crippen molar-refractivity contribution in [1.82, 2.24) is 14.7 Å². The SMILES string of the molecule is C=CCn1c(SCc2cc(C)on2)nc2sc3c(c2c1=O)CCC(C)C3. The molecule has 4 rings (SSSR count). The standard InChI is InChI=1S/C19H21N3O2S2/c1-4-7-22-18(23)16-14-6-5-11(2)8-15(14)26-17(16)20-19(22)25-10-13-9-12(3)24-21-13/h4,9,11H,1,5-8,10H2,2-3H3. The van der Waals surface area contributed by atoms with Crippen LogP contribution in [0.25, 0.3) is 10.2 Å². The maximum Gasteiger partial charge on any atom is 0.263 e. The molecule has 136 valence electrons. The molecule has 3 aromatic rings. The van der Waals surface area contributed by atoms with Gasteiger partial charge < -0.3 is 4.52 Å². The van der Waals surface area contributed by atoms with Gasteiger partial charge in [-0.3, -0.25) is 9.36 Å². The van der Waals surface area contributed by atoms with Crippen molar-refractivity contribution >= 4 is 33.3 Å². The first-order chi connectivity index (χ1) is 12.6. The van der Waals surface area contributed by atoms with Crippen molar-refractivity contribution in [2.24, 2.45) is 5.92 Å². The third-order valence-corrected chi connectivity index (χ3v) is 6.88. The highest BCUT2D eigenvalue weighted by atomic mass is 32.2. The van der Waals surface area contributed by atoms with Gasteiger partial charge in [-0.1, -0.05) is 29.9 Å². The van der Waals surface area contributed by atoms with Crippen molar-refractivity contribution in [2.45, 2.75) is 50.6 Å². The molecule has 0 fully saturated rings. The summed E-state index contributed by atoms with van der Waals surface area (Å²) in [6.45, 7) is 8.41. The van der Waals surface area contributed by atoms with E-state index >= 15 is 0 Å². The van der Waals surface area contributed by atoms with Gasteiger partial charge in [-0.15, -0.1) is 17.9 Å². The van der Waals surface area contributed by atoms with Gasteiger partial charge >= 0.3 is 0 Å². The summed E-state index contributed by atoms with van der Waals surface area (Å²) in [4.78, 5) is 20.3. The van der Waals surface area contributed by atoms with Crippen molar-refractivity contribution < 1.29 is 4.52 Å². The van der Waals surface area contributed by atoms with Crippen LogP contribution in [0.4, 0.5) is 0 Å². The van der Waals surface area contributed by atoms with E-state index in [-0.39, 0.29) is 5.56 Å². The zero-order valence-electron chi connectivity index (χ0n) is 14.9. The van der Waals surface area contributed by atoms with E-state index in [4.69, 9.17) is 9.51 Å². The molecule has 3 aromatic heterocycles. The summed E-state index contributed by atoms with van der Waals surface area (Å²) in [5.74, 6) is 2.08. The lowest BCUT2D eigenvalue weighted by molar-refractivity contribution is 0.393. The Kier molecular flexibility index (Phi) is 4.75. The molecule has 0 amide bonds. The minimum atomic E-state index is 0.0563. The van der Waals surface area contributed by atoms with Crippen LogP contribution in [0, 0.1) is 12.8 Å². The van der Waals surface area contributed by atoms with E-state index in [0.29, 0.717) is 18.2 Å². The molecule has 0 aromatic carbocycles. The van der Waals surface area contributed by atoms with Crippen molar-refractivity contribution in [3.8, 4) is 0 Å². The molecule has 0 saturated heterocycles. The van der Waals surface area contributed by atoms with Crippen LogP contribution in [0.3, 0.4) is 0 Å². The van der Waals surface area contributed by atoms with E-state index in [1.165, 1.54) is 22.2 Å². The van der Waals surface area contributed by atoms with Gasteiger partial charge in [-0.2, -0.15) is 0 Å². The van der Waals surface area contributed by atoms with Crippen molar-refractivity contribution in [1.29, 1.82) is 0 Å². The Morgan fingerprint density at radius 3 is 3.12 bits per heavy atom. The predicted octanol–water partition coefficient (Wildman–Crippen LogP) is 4.36. The van der Waals surface area contributed by atoms with E-state index < -0.39 is 0 Å². The molecule has 0 bridgehead atoms. The fourth-order valence-electron chi connectivity index (χ4n) is 3.43. The highest BCUT2D eigenvalue weighted by Gasteiger charge is 2.24. The molecule has 7 heteroatoms. The number of aromatic nitrogens is 3. The number of fused-ring (bicyclic) bond motifs is 3. The molecule has 1 atom stereocenters. The van der Waals surface area contributed by atoms with Gasteiger partial charge in [0.25, 0.3) is 5.56 Å².